The van der Waals surface area contributed by atoms with Crippen LogP contribution in [0.4, 0.5) is 5.69 Å². The van der Waals surface area contributed by atoms with Gasteiger partial charge < -0.3 is 14.6 Å². The second-order valence-electron chi connectivity index (χ2n) is 3.61. The molecule has 0 aliphatic heterocycles. The first-order valence-corrected chi connectivity index (χ1v) is 6.10. The fraction of sp³-hybridized carbons (Fsp3) is 0.167. The molecule has 1 amide bonds. The van der Waals surface area contributed by atoms with Gasteiger partial charge in [-0.05, 0) is 23.6 Å². The number of nitrogens with one attached hydrogen (secondary N) is 1. The van der Waals surface area contributed by atoms with E-state index < -0.39 is 5.97 Å². The van der Waals surface area contributed by atoms with Crippen molar-refractivity contribution >= 4 is 28.9 Å². The van der Waals surface area contributed by atoms with Gasteiger partial charge in [0.05, 0.1) is 12.8 Å². The quantitative estimate of drug-likeness (QED) is 0.864. The Hall–Kier alpha value is -2.08. The van der Waals surface area contributed by atoms with Crippen molar-refractivity contribution in [3.63, 3.8) is 0 Å². The Kier molecular flexibility index (Phi) is 3.47. The minimum Gasteiger partial charge on any atom is -0.465 e. The summed E-state index contributed by atoms with van der Waals surface area (Å²) in [4.78, 5) is 23.8. The molecule has 0 aliphatic rings. The summed E-state index contributed by atoms with van der Waals surface area (Å²) in [6.45, 7) is 0. The molecule has 0 atom stereocenters. The molecule has 5 nitrogen and oxygen atoms in total. The van der Waals surface area contributed by atoms with Gasteiger partial charge in [0, 0.05) is 13.2 Å². The summed E-state index contributed by atoms with van der Waals surface area (Å²) >= 11 is 1.23. The molecule has 0 aromatic carbocycles. The minimum absolute atomic E-state index is 0.258. The summed E-state index contributed by atoms with van der Waals surface area (Å²) in [6, 6.07) is 5.17. The first kappa shape index (κ1) is 12.4. The second kappa shape index (κ2) is 5.05. The lowest BCUT2D eigenvalue weighted by Crippen LogP contribution is -2.16. The average molecular weight is 264 g/mol. The largest absolute Gasteiger partial charge is 0.465 e. The van der Waals surface area contributed by atoms with Crippen LogP contribution in [0.2, 0.25) is 0 Å². The first-order chi connectivity index (χ1) is 8.63. The third-order valence-electron chi connectivity index (χ3n) is 2.46. The number of amides is 1. The predicted molar refractivity (Wildman–Crippen MR) is 69.0 cm³/mol. The normalized spacial score (nSPS) is 10.1. The number of aryl methyl sites for hydroxylation is 1. The monoisotopic (exact) mass is 264 g/mol. The van der Waals surface area contributed by atoms with Gasteiger partial charge in [0.1, 0.15) is 10.6 Å². The van der Waals surface area contributed by atoms with Gasteiger partial charge >= 0.3 is 5.97 Å². The van der Waals surface area contributed by atoms with Crippen molar-refractivity contribution in [3.05, 3.63) is 40.3 Å². The highest BCUT2D eigenvalue weighted by Gasteiger charge is 2.17. The maximum atomic E-state index is 12.0. The highest BCUT2D eigenvalue weighted by molar-refractivity contribution is 7.12. The van der Waals surface area contributed by atoms with Gasteiger partial charge in [-0.3, -0.25) is 4.79 Å². The van der Waals surface area contributed by atoms with Gasteiger partial charge in [-0.25, -0.2) is 4.79 Å². The lowest BCUT2D eigenvalue weighted by molar-refractivity contribution is 0.0607. The summed E-state index contributed by atoms with van der Waals surface area (Å²) in [5.41, 5.74) is 0.995. The van der Waals surface area contributed by atoms with E-state index in [2.05, 4.69) is 10.1 Å². The van der Waals surface area contributed by atoms with Crippen LogP contribution in [0.15, 0.2) is 29.8 Å². The molecule has 2 aromatic heterocycles. The fourth-order valence-electron chi connectivity index (χ4n) is 1.54. The number of esters is 1. The number of aromatic nitrogens is 1. The molecule has 0 radical (unpaired) electrons. The molecule has 2 rings (SSSR count). The second-order valence-corrected chi connectivity index (χ2v) is 4.53. The standard InChI is InChI=1S/C12H12N2O3S/c1-14-6-3-4-9(14)11(15)13-8-5-7-18-10(8)12(16)17-2/h3-7H,1-2H3,(H,13,15). The van der Waals surface area contributed by atoms with Crippen molar-refractivity contribution in [2.45, 2.75) is 0 Å². The van der Waals surface area contributed by atoms with Gasteiger partial charge in [-0.2, -0.15) is 0 Å². The van der Waals surface area contributed by atoms with Crippen LogP contribution in [-0.4, -0.2) is 23.6 Å². The number of rotatable bonds is 3. The van der Waals surface area contributed by atoms with Crippen molar-refractivity contribution in [1.82, 2.24) is 4.57 Å². The summed E-state index contributed by atoms with van der Waals surface area (Å²) in [6.07, 6.45) is 1.78. The van der Waals surface area contributed by atoms with Crippen LogP contribution in [0.3, 0.4) is 0 Å². The van der Waals surface area contributed by atoms with Gasteiger partial charge in [0.15, 0.2) is 0 Å². The number of thiophene rings is 1. The van der Waals surface area contributed by atoms with E-state index in [1.54, 1.807) is 41.4 Å². The minimum atomic E-state index is -0.452. The maximum Gasteiger partial charge on any atom is 0.350 e. The SMILES string of the molecule is COC(=O)c1sccc1NC(=O)c1cccn1C. The molecular weight excluding hydrogens is 252 g/mol. The lowest BCUT2D eigenvalue weighted by atomic mass is 10.3. The molecule has 0 unspecified atom stereocenters. The highest BCUT2D eigenvalue weighted by atomic mass is 32.1. The smallest absolute Gasteiger partial charge is 0.350 e. The Labute approximate surface area is 108 Å². The summed E-state index contributed by atoms with van der Waals surface area (Å²) in [7, 11) is 3.09. The summed E-state index contributed by atoms with van der Waals surface area (Å²) in [5.74, 6) is -0.710. The van der Waals surface area contributed by atoms with E-state index in [0.717, 1.165) is 0 Å². The molecule has 6 heteroatoms. The van der Waals surface area contributed by atoms with E-state index >= 15 is 0 Å². The van der Waals surface area contributed by atoms with Crippen molar-refractivity contribution in [2.24, 2.45) is 7.05 Å². The van der Waals surface area contributed by atoms with Crippen molar-refractivity contribution in [1.29, 1.82) is 0 Å². The van der Waals surface area contributed by atoms with Crippen LogP contribution in [0, 0.1) is 0 Å². The third-order valence-corrected chi connectivity index (χ3v) is 3.36. The van der Waals surface area contributed by atoms with E-state index in [1.165, 1.54) is 18.4 Å². The number of carbonyl (C=O) groups excluding carboxylic acids is 2. The fourth-order valence-corrected chi connectivity index (χ4v) is 2.31. The van der Waals surface area contributed by atoms with Gasteiger partial charge in [-0.15, -0.1) is 11.3 Å². The van der Waals surface area contributed by atoms with E-state index in [-0.39, 0.29) is 5.91 Å². The van der Waals surface area contributed by atoms with Crippen molar-refractivity contribution in [2.75, 3.05) is 12.4 Å². The Bertz CT molecular complexity index is 586. The van der Waals surface area contributed by atoms with E-state index in [4.69, 9.17) is 0 Å². The number of nitrogens with zero attached hydrogens (tertiary/aromatic N) is 1. The van der Waals surface area contributed by atoms with Crippen LogP contribution in [-0.2, 0) is 11.8 Å². The zero-order chi connectivity index (χ0) is 13.1. The molecule has 94 valence electrons. The lowest BCUT2D eigenvalue weighted by Gasteiger charge is -2.06. The Morgan fingerprint density at radius 2 is 2.17 bits per heavy atom. The first-order valence-electron chi connectivity index (χ1n) is 5.22. The molecule has 0 bridgehead atoms. The van der Waals surface area contributed by atoms with Crippen molar-refractivity contribution in [3.8, 4) is 0 Å². The van der Waals surface area contributed by atoms with Crippen LogP contribution in [0.1, 0.15) is 20.2 Å². The Morgan fingerprint density at radius 3 is 2.78 bits per heavy atom. The molecule has 0 fully saturated rings. The van der Waals surface area contributed by atoms with Gasteiger partial charge in [0.25, 0.3) is 5.91 Å². The Balaban J connectivity index is 2.20. The third kappa shape index (κ3) is 2.28. The molecule has 2 aromatic rings. The number of ether oxygens (including phenoxy) is 1. The van der Waals surface area contributed by atoms with Gasteiger partial charge in [0.2, 0.25) is 0 Å². The van der Waals surface area contributed by atoms with Crippen LogP contribution in [0.5, 0.6) is 0 Å². The number of carbonyl (C=O) groups is 2. The zero-order valence-corrected chi connectivity index (χ0v) is 10.8. The molecule has 0 spiro atoms. The zero-order valence-electron chi connectivity index (χ0n) is 9.97. The molecule has 2 heterocycles. The van der Waals surface area contributed by atoms with Crippen LogP contribution in [0.25, 0.3) is 0 Å². The molecular formula is C12H12N2O3S. The van der Waals surface area contributed by atoms with E-state index in [9.17, 15) is 9.59 Å². The average Bonchev–Trinajstić information content (AvgIpc) is 2.97. The molecule has 18 heavy (non-hydrogen) atoms. The maximum absolute atomic E-state index is 12.0. The van der Waals surface area contributed by atoms with E-state index in [0.29, 0.717) is 16.3 Å². The molecule has 0 saturated carbocycles. The highest BCUT2D eigenvalue weighted by Crippen LogP contribution is 2.23. The number of hydrogen-bond acceptors (Lipinski definition) is 4. The summed E-state index contributed by atoms with van der Waals surface area (Å²) < 4.78 is 6.35. The van der Waals surface area contributed by atoms with E-state index in [1.807, 2.05) is 0 Å². The van der Waals surface area contributed by atoms with Crippen LogP contribution < -0.4 is 5.32 Å². The molecule has 0 aliphatic carbocycles. The molecule has 0 saturated heterocycles. The van der Waals surface area contributed by atoms with Gasteiger partial charge in [-0.1, -0.05) is 0 Å². The van der Waals surface area contributed by atoms with Crippen molar-refractivity contribution < 1.29 is 14.3 Å². The number of hydrogen-bond donors (Lipinski definition) is 1. The predicted octanol–water partition coefficient (Wildman–Crippen LogP) is 2.13. The Morgan fingerprint density at radius 1 is 1.39 bits per heavy atom. The van der Waals surface area contributed by atoms with Crippen LogP contribution >= 0.6 is 11.3 Å². The molecule has 1 N–H and O–H groups in total. The summed E-state index contributed by atoms with van der Waals surface area (Å²) in [5, 5.41) is 4.43. The number of anilines is 1. The topological polar surface area (TPSA) is 60.3 Å². The number of methoxy groups -OCH3 is 1.